The molecule has 3 rings (SSSR count). The fourth-order valence-electron chi connectivity index (χ4n) is 2.78. The standard InChI is InChI=1S/C16H22N4/c1-13(14-2-4-15(17)5-3-14)6-8-19-10-11-20-9-7-18-16(20)12-19/h2-5,7,9,13H,6,8,10-12,17H2,1H3. The Bertz CT molecular complexity index is 558. The van der Waals surface area contributed by atoms with Crippen LogP contribution in [0, 0.1) is 0 Å². The van der Waals surface area contributed by atoms with Crippen LogP contribution in [0.2, 0.25) is 0 Å². The quantitative estimate of drug-likeness (QED) is 0.868. The van der Waals surface area contributed by atoms with E-state index in [9.17, 15) is 0 Å². The Morgan fingerprint density at radius 2 is 2.05 bits per heavy atom. The third-order valence-corrected chi connectivity index (χ3v) is 4.21. The SMILES string of the molecule is CC(CCN1CCn2ccnc2C1)c1ccc(N)cc1. The summed E-state index contributed by atoms with van der Waals surface area (Å²) in [6.07, 6.45) is 5.14. The van der Waals surface area contributed by atoms with E-state index in [2.05, 4.69) is 39.7 Å². The number of nitrogens with zero attached hydrogens (tertiary/aromatic N) is 3. The molecule has 2 N–H and O–H groups in total. The number of rotatable bonds is 4. The largest absolute Gasteiger partial charge is 0.399 e. The number of aromatic nitrogens is 2. The van der Waals surface area contributed by atoms with Crippen LogP contribution in [0.1, 0.15) is 30.7 Å². The van der Waals surface area contributed by atoms with Crippen LogP contribution < -0.4 is 5.73 Å². The fraction of sp³-hybridized carbons (Fsp3) is 0.438. The Balaban J connectivity index is 1.54. The first-order chi connectivity index (χ1) is 9.72. The van der Waals surface area contributed by atoms with E-state index in [1.165, 1.54) is 17.8 Å². The zero-order valence-electron chi connectivity index (χ0n) is 12.0. The zero-order chi connectivity index (χ0) is 13.9. The van der Waals surface area contributed by atoms with Crippen molar-refractivity contribution in [2.45, 2.75) is 32.4 Å². The highest BCUT2D eigenvalue weighted by atomic mass is 15.2. The minimum Gasteiger partial charge on any atom is -0.399 e. The lowest BCUT2D eigenvalue weighted by Crippen LogP contribution is -2.34. The number of anilines is 1. The molecule has 0 fully saturated rings. The molecule has 1 aromatic heterocycles. The van der Waals surface area contributed by atoms with Gasteiger partial charge in [0.2, 0.25) is 0 Å². The van der Waals surface area contributed by atoms with Crippen molar-refractivity contribution in [1.29, 1.82) is 0 Å². The summed E-state index contributed by atoms with van der Waals surface area (Å²) in [5, 5.41) is 0. The molecule has 0 aliphatic carbocycles. The maximum absolute atomic E-state index is 5.74. The maximum atomic E-state index is 5.74. The highest BCUT2D eigenvalue weighted by molar-refractivity contribution is 5.40. The summed E-state index contributed by atoms with van der Waals surface area (Å²) in [5.41, 5.74) is 7.94. The lowest BCUT2D eigenvalue weighted by atomic mass is 9.97. The molecule has 0 bridgehead atoms. The van der Waals surface area contributed by atoms with Gasteiger partial charge >= 0.3 is 0 Å². The fourth-order valence-corrected chi connectivity index (χ4v) is 2.78. The summed E-state index contributed by atoms with van der Waals surface area (Å²) in [5.74, 6) is 1.76. The number of benzene rings is 1. The van der Waals surface area contributed by atoms with Crippen LogP contribution in [0.4, 0.5) is 5.69 Å². The number of nitrogen functional groups attached to an aromatic ring is 1. The smallest absolute Gasteiger partial charge is 0.122 e. The minimum absolute atomic E-state index is 0.567. The van der Waals surface area contributed by atoms with Crippen LogP contribution in [0.5, 0.6) is 0 Å². The maximum Gasteiger partial charge on any atom is 0.122 e. The average Bonchev–Trinajstić information content (AvgIpc) is 2.93. The summed E-state index contributed by atoms with van der Waals surface area (Å²) in [6.45, 7) is 6.57. The van der Waals surface area contributed by atoms with Crippen LogP contribution in [-0.4, -0.2) is 27.5 Å². The van der Waals surface area contributed by atoms with Gasteiger partial charge in [-0.15, -0.1) is 0 Å². The molecule has 20 heavy (non-hydrogen) atoms. The molecule has 106 valence electrons. The minimum atomic E-state index is 0.567. The molecule has 0 saturated heterocycles. The summed E-state index contributed by atoms with van der Waals surface area (Å²) in [7, 11) is 0. The molecule has 2 heterocycles. The van der Waals surface area contributed by atoms with Crippen LogP contribution in [-0.2, 0) is 13.1 Å². The highest BCUT2D eigenvalue weighted by Crippen LogP contribution is 2.21. The molecule has 2 aromatic rings. The molecular weight excluding hydrogens is 248 g/mol. The summed E-state index contributed by atoms with van der Waals surface area (Å²) in [6, 6.07) is 8.26. The summed E-state index contributed by atoms with van der Waals surface area (Å²) < 4.78 is 2.25. The van der Waals surface area contributed by atoms with Gasteiger partial charge in [0.1, 0.15) is 5.82 Å². The Morgan fingerprint density at radius 1 is 1.25 bits per heavy atom. The van der Waals surface area contributed by atoms with Gasteiger partial charge in [0.05, 0.1) is 6.54 Å². The predicted molar refractivity (Wildman–Crippen MR) is 81.4 cm³/mol. The second kappa shape index (κ2) is 5.67. The van der Waals surface area contributed by atoms with Gasteiger partial charge in [0, 0.05) is 31.2 Å². The molecule has 1 aliphatic rings. The van der Waals surface area contributed by atoms with E-state index in [0.29, 0.717) is 5.92 Å². The van der Waals surface area contributed by atoms with Gasteiger partial charge in [-0.1, -0.05) is 19.1 Å². The molecule has 1 unspecified atom stereocenters. The number of nitrogens with two attached hydrogens (primary N) is 1. The first kappa shape index (κ1) is 13.2. The molecule has 1 atom stereocenters. The van der Waals surface area contributed by atoms with Crippen LogP contribution in [0.3, 0.4) is 0 Å². The van der Waals surface area contributed by atoms with Gasteiger partial charge in [0.25, 0.3) is 0 Å². The van der Waals surface area contributed by atoms with E-state index in [-0.39, 0.29) is 0 Å². The van der Waals surface area contributed by atoms with Gasteiger partial charge in [-0.05, 0) is 36.6 Å². The van der Waals surface area contributed by atoms with Gasteiger partial charge in [-0.25, -0.2) is 4.98 Å². The molecule has 0 radical (unpaired) electrons. The number of hydrogen-bond donors (Lipinski definition) is 1. The van der Waals surface area contributed by atoms with Crippen molar-refractivity contribution in [3.63, 3.8) is 0 Å². The third-order valence-electron chi connectivity index (χ3n) is 4.21. The van der Waals surface area contributed by atoms with Crippen LogP contribution in [0.25, 0.3) is 0 Å². The normalized spacial score (nSPS) is 16.9. The number of hydrogen-bond acceptors (Lipinski definition) is 3. The van der Waals surface area contributed by atoms with E-state index in [0.717, 1.165) is 31.9 Å². The van der Waals surface area contributed by atoms with Crippen molar-refractivity contribution in [3.8, 4) is 0 Å². The Hall–Kier alpha value is -1.81. The molecule has 0 saturated carbocycles. The van der Waals surface area contributed by atoms with Crippen LogP contribution >= 0.6 is 0 Å². The second-order valence-electron chi connectivity index (χ2n) is 5.67. The molecular formula is C16H22N4. The second-order valence-corrected chi connectivity index (χ2v) is 5.67. The highest BCUT2D eigenvalue weighted by Gasteiger charge is 2.17. The van der Waals surface area contributed by atoms with Gasteiger partial charge in [-0.2, -0.15) is 0 Å². The van der Waals surface area contributed by atoms with Crippen LogP contribution in [0.15, 0.2) is 36.7 Å². The van der Waals surface area contributed by atoms with E-state index >= 15 is 0 Å². The van der Waals surface area contributed by atoms with E-state index in [4.69, 9.17) is 5.73 Å². The van der Waals surface area contributed by atoms with Crippen molar-refractivity contribution >= 4 is 5.69 Å². The molecule has 0 amide bonds. The molecule has 1 aromatic carbocycles. The first-order valence-corrected chi connectivity index (χ1v) is 7.30. The first-order valence-electron chi connectivity index (χ1n) is 7.30. The monoisotopic (exact) mass is 270 g/mol. The van der Waals surface area contributed by atoms with Crippen molar-refractivity contribution in [3.05, 3.63) is 48.0 Å². The molecule has 0 spiro atoms. The lowest BCUT2D eigenvalue weighted by molar-refractivity contribution is 0.210. The number of imidazole rings is 1. The molecule has 4 nitrogen and oxygen atoms in total. The van der Waals surface area contributed by atoms with Gasteiger partial charge < -0.3 is 10.3 Å². The van der Waals surface area contributed by atoms with Gasteiger partial charge in [-0.3, -0.25) is 4.90 Å². The van der Waals surface area contributed by atoms with Crippen molar-refractivity contribution in [2.75, 3.05) is 18.8 Å². The summed E-state index contributed by atoms with van der Waals surface area (Å²) >= 11 is 0. The Kier molecular flexibility index (Phi) is 3.74. The zero-order valence-corrected chi connectivity index (χ0v) is 12.0. The predicted octanol–water partition coefficient (Wildman–Crippen LogP) is 2.47. The molecule has 1 aliphatic heterocycles. The van der Waals surface area contributed by atoms with E-state index < -0.39 is 0 Å². The topological polar surface area (TPSA) is 47.1 Å². The Morgan fingerprint density at radius 3 is 2.85 bits per heavy atom. The van der Waals surface area contributed by atoms with E-state index in [1.54, 1.807) is 0 Å². The third kappa shape index (κ3) is 2.85. The average molecular weight is 270 g/mol. The van der Waals surface area contributed by atoms with Crippen molar-refractivity contribution in [2.24, 2.45) is 0 Å². The number of fused-ring (bicyclic) bond motifs is 1. The molecule has 4 heteroatoms. The van der Waals surface area contributed by atoms with Crippen molar-refractivity contribution in [1.82, 2.24) is 14.5 Å². The lowest BCUT2D eigenvalue weighted by Gasteiger charge is -2.28. The van der Waals surface area contributed by atoms with Crippen molar-refractivity contribution < 1.29 is 0 Å². The summed E-state index contributed by atoms with van der Waals surface area (Å²) in [4.78, 5) is 6.91. The Labute approximate surface area is 120 Å². The van der Waals surface area contributed by atoms with Gasteiger partial charge in [0.15, 0.2) is 0 Å². The van der Waals surface area contributed by atoms with E-state index in [1.807, 2.05) is 18.3 Å².